The average molecular weight is 505 g/mol. The summed E-state index contributed by atoms with van der Waals surface area (Å²) in [7, 11) is 0. The Kier molecular flexibility index (Phi) is 4.69. The number of thiophene rings is 1. The van der Waals surface area contributed by atoms with E-state index in [0.29, 0.717) is 5.82 Å². The SMILES string of the molecule is c1ccc2oc(-c3cc(-c4cccc5ccccc45)nc(-c4ccc5c(c4)sc4ccccc45)n3)cc2c1. The van der Waals surface area contributed by atoms with E-state index in [1.807, 2.05) is 24.3 Å². The average Bonchev–Trinajstić information content (AvgIpc) is 3.58. The van der Waals surface area contributed by atoms with Crippen molar-refractivity contribution < 1.29 is 4.42 Å². The first-order chi connectivity index (χ1) is 18.8. The van der Waals surface area contributed by atoms with Crippen LogP contribution in [0.2, 0.25) is 0 Å². The highest BCUT2D eigenvalue weighted by molar-refractivity contribution is 7.25. The normalized spacial score (nSPS) is 11.7. The quantitative estimate of drug-likeness (QED) is 0.240. The Bertz CT molecular complexity index is 2120. The van der Waals surface area contributed by atoms with E-state index in [2.05, 4.69) is 97.1 Å². The lowest BCUT2D eigenvalue weighted by molar-refractivity contribution is 0.628. The third kappa shape index (κ3) is 3.42. The van der Waals surface area contributed by atoms with Gasteiger partial charge in [0.2, 0.25) is 0 Å². The molecule has 3 nitrogen and oxygen atoms in total. The summed E-state index contributed by atoms with van der Waals surface area (Å²) in [6, 6.07) is 42.0. The van der Waals surface area contributed by atoms with E-state index in [1.165, 1.54) is 25.6 Å². The molecule has 8 aromatic rings. The molecule has 4 heteroatoms. The third-order valence-electron chi connectivity index (χ3n) is 7.11. The molecular formula is C34H20N2OS. The van der Waals surface area contributed by atoms with Crippen molar-refractivity contribution >= 4 is 53.3 Å². The van der Waals surface area contributed by atoms with Crippen LogP contribution in [0.25, 0.3) is 76.0 Å². The van der Waals surface area contributed by atoms with Crippen molar-refractivity contribution in [1.29, 1.82) is 0 Å². The zero-order valence-electron chi connectivity index (χ0n) is 20.3. The summed E-state index contributed by atoms with van der Waals surface area (Å²) in [6.45, 7) is 0. The van der Waals surface area contributed by atoms with Gasteiger partial charge in [-0.05, 0) is 41.1 Å². The second kappa shape index (κ2) is 8.37. The molecule has 0 saturated carbocycles. The van der Waals surface area contributed by atoms with Crippen LogP contribution in [0, 0.1) is 0 Å². The van der Waals surface area contributed by atoms with Crippen molar-refractivity contribution in [3.8, 4) is 34.1 Å². The van der Waals surface area contributed by atoms with E-state index in [4.69, 9.17) is 14.4 Å². The van der Waals surface area contributed by atoms with Crippen molar-refractivity contribution in [1.82, 2.24) is 9.97 Å². The van der Waals surface area contributed by atoms with Gasteiger partial charge >= 0.3 is 0 Å². The van der Waals surface area contributed by atoms with Gasteiger partial charge in [-0.15, -0.1) is 11.3 Å². The molecule has 0 saturated heterocycles. The molecule has 0 aliphatic carbocycles. The summed E-state index contributed by atoms with van der Waals surface area (Å²) in [4.78, 5) is 10.2. The molecule has 0 unspecified atom stereocenters. The molecule has 0 fully saturated rings. The van der Waals surface area contributed by atoms with Crippen molar-refractivity contribution in [3.63, 3.8) is 0 Å². The molecular weight excluding hydrogens is 484 g/mol. The molecule has 8 rings (SSSR count). The van der Waals surface area contributed by atoms with Crippen LogP contribution in [0.15, 0.2) is 126 Å². The standard InChI is InChI=1S/C34H20N2OS/c1-3-11-24-21(8-1)10-7-13-25(24)28-20-29(31-18-22-9-2-5-14-30(22)37-31)36-34(35-28)23-16-17-27-26-12-4-6-15-32(26)38-33(27)19-23/h1-20H. The third-order valence-corrected chi connectivity index (χ3v) is 8.24. The van der Waals surface area contributed by atoms with Gasteiger partial charge in [-0.25, -0.2) is 9.97 Å². The highest BCUT2D eigenvalue weighted by Crippen LogP contribution is 2.37. The lowest BCUT2D eigenvalue weighted by Crippen LogP contribution is -1.96. The Morgan fingerprint density at radius 3 is 2.18 bits per heavy atom. The van der Waals surface area contributed by atoms with Gasteiger partial charge in [0.1, 0.15) is 11.3 Å². The minimum atomic E-state index is 0.685. The van der Waals surface area contributed by atoms with Crippen LogP contribution in [0.1, 0.15) is 0 Å². The molecule has 0 amide bonds. The Labute approximate surface area is 222 Å². The Hall–Kier alpha value is -4.80. The Morgan fingerprint density at radius 2 is 1.26 bits per heavy atom. The minimum Gasteiger partial charge on any atom is -0.454 e. The van der Waals surface area contributed by atoms with Crippen LogP contribution in [-0.2, 0) is 0 Å². The second-order valence-electron chi connectivity index (χ2n) is 9.45. The predicted octanol–water partition coefficient (Wildman–Crippen LogP) is 9.74. The Balaban J connectivity index is 1.37. The molecule has 0 N–H and O–H groups in total. The van der Waals surface area contributed by atoms with Crippen LogP contribution in [0.3, 0.4) is 0 Å². The maximum absolute atomic E-state index is 6.25. The van der Waals surface area contributed by atoms with Crippen LogP contribution in [0.4, 0.5) is 0 Å². The highest BCUT2D eigenvalue weighted by Gasteiger charge is 2.16. The van der Waals surface area contributed by atoms with Gasteiger partial charge < -0.3 is 4.42 Å². The maximum Gasteiger partial charge on any atom is 0.160 e. The largest absolute Gasteiger partial charge is 0.454 e. The van der Waals surface area contributed by atoms with Gasteiger partial charge in [0.25, 0.3) is 0 Å². The van der Waals surface area contributed by atoms with Crippen LogP contribution < -0.4 is 0 Å². The van der Waals surface area contributed by atoms with E-state index in [-0.39, 0.29) is 0 Å². The fraction of sp³-hybridized carbons (Fsp3) is 0. The predicted molar refractivity (Wildman–Crippen MR) is 159 cm³/mol. The molecule has 0 atom stereocenters. The summed E-state index contributed by atoms with van der Waals surface area (Å²) >= 11 is 1.80. The van der Waals surface area contributed by atoms with E-state index in [0.717, 1.165) is 44.6 Å². The number of para-hydroxylation sites is 1. The topological polar surface area (TPSA) is 38.9 Å². The van der Waals surface area contributed by atoms with E-state index >= 15 is 0 Å². The molecule has 3 heterocycles. The Morgan fingerprint density at radius 1 is 0.526 bits per heavy atom. The number of rotatable bonds is 3. The maximum atomic E-state index is 6.25. The summed E-state index contributed by atoms with van der Waals surface area (Å²) in [5, 5.41) is 5.95. The van der Waals surface area contributed by atoms with Crippen molar-refractivity contribution in [2.45, 2.75) is 0 Å². The summed E-state index contributed by atoms with van der Waals surface area (Å²) < 4.78 is 8.76. The number of aromatic nitrogens is 2. The van der Waals surface area contributed by atoms with E-state index < -0.39 is 0 Å². The molecule has 38 heavy (non-hydrogen) atoms. The molecule has 0 spiro atoms. The number of furan rings is 1. The van der Waals surface area contributed by atoms with Crippen LogP contribution >= 0.6 is 11.3 Å². The summed E-state index contributed by atoms with van der Waals surface area (Å²) in [5.74, 6) is 1.42. The zero-order chi connectivity index (χ0) is 25.1. The van der Waals surface area contributed by atoms with E-state index in [9.17, 15) is 0 Å². The van der Waals surface area contributed by atoms with E-state index in [1.54, 1.807) is 11.3 Å². The van der Waals surface area contributed by atoms with Gasteiger partial charge in [0.05, 0.1) is 5.69 Å². The summed E-state index contributed by atoms with van der Waals surface area (Å²) in [6.07, 6.45) is 0. The minimum absolute atomic E-state index is 0.685. The molecule has 0 aliphatic heterocycles. The van der Waals surface area contributed by atoms with Gasteiger partial charge in [-0.1, -0.05) is 91.0 Å². The number of hydrogen-bond acceptors (Lipinski definition) is 4. The molecule has 3 aromatic heterocycles. The number of nitrogens with zero attached hydrogens (tertiary/aromatic N) is 2. The first kappa shape index (κ1) is 21.3. The lowest BCUT2D eigenvalue weighted by Gasteiger charge is -2.10. The first-order valence-electron chi connectivity index (χ1n) is 12.6. The molecule has 5 aromatic carbocycles. The van der Waals surface area contributed by atoms with Crippen molar-refractivity contribution in [2.75, 3.05) is 0 Å². The molecule has 178 valence electrons. The molecule has 0 bridgehead atoms. The van der Waals surface area contributed by atoms with Gasteiger partial charge in [-0.2, -0.15) is 0 Å². The van der Waals surface area contributed by atoms with Gasteiger partial charge in [0.15, 0.2) is 11.6 Å². The van der Waals surface area contributed by atoms with Gasteiger partial charge in [-0.3, -0.25) is 0 Å². The van der Waals surface area contributed by atoms with Crippen molar-refractivity contribution in [2.24, 2.45) is 0 Å². The van der Waals surface area contributed by atoms with Crippen LogP contribution in [0.5, 0.6) is 0 Å². The fourth-order valence-electron chi connectivity index (χ4n) is 5.26. The summed E-state index contributed by atoms with van der Waals surface area (Å²) in [5.41, 5.74) is 4.56. The first-order valence-corrected chi connectivity index (χ1v) is 13.4. The number of benzene rings is 5. The molecule has 0 radical (unpaired) electrons. The van der Waals surface area contributed by atoms with Crippen molar-refractivity contribution in [3.05, 3.63) is 121 Å². The second-order valence-corrected chi connectivity index (χ2v) is 10.5. The van der Waals surface area contributed by atoms with Gasteiger partial charge in [0, 0.05) is 36.7 Å². The number of fused-ring (bicyclic) bond motifs is 5. The zero-order valence-corrected chi connectivity index (χ0v) is 21.1. The smallest absolute Gasteiger partial charge is 0.160 e. The highest BCUT2D eigenvalue weighted by atomic mass is 32.1. The fourth-order valence-corrected chi connectivity index (χ4v) is 6.41. The lowest BCUT2D eigenvalue weighted by atomic mass is 10.0. The number of hydrogen-bond donors (Lipinski definition) is 0. The molecule has 0 aliphatic rings. The van der Waals surface area contributed by atoms with Crippen LogP contribution in [-0.4, -0.2) is 9.97 Å². The monoisotopic (exact) mass is 504 g/mol.